The average Bonchev–Trinajstić information content (AvgIpc) is 2.88. The van der Waals surface area contributed by atoms with Gasteiger partial charge in [0.15, 0.2) is 11.1 Å². The van der Waals surface area contributed by atoms with Gasteiger partial charge in [0.05, 0.1) is 15.6 Å². The van der Waals surface area contributed by atoms with Crippen LogP contribution in [0.5, 0.6) is 0 Å². The number of hydrogen-bond donors (Lipinski definition) is 0. The van der Waals surface area contributed by atoms with Crippen molar-refractivity contribution >= 4 is 43.2 Å². The molecule has 1 fully saturated rings. The molecule has 5 rings (SSSR count). The second kappa shape index (κ2) is 6.07. The third-order valence-corrected chi connectivity index (χ3v) is 6.25. The predicted molar refractivity (Wildman–Crippen MR) is 109 cm³/mol. The zero-order chi connectivity index (χ0) is 17.7. The summed E-state index contributed by atoms with van der Waals surface area (Å²) in [5, 5.41) is 0.682. The first-order valence-corrected chi connectivity index (χ1v) is 9.80. The number of fused-ring (bicyclic) bond motifs is 5. The number of aromatic nitrogens is 2. The van der Waals surface area contributed by atoms with Crippen LogP contribution >= 0.6 is 11.3 Å². The fourth-order valence-corrected chi connectivity index (χ4v) is 4.84. The molecule has 6 heteroatoms. The topological polar surface area (TPSA) is 40.9 Å². The summed E-state index contributed by atoms with van der Waals surface area (Å²) in [6.45, 7) is 4.11. The molecule has 0 unspecified atom stereocenters. The van der Waals surface area contributed by atoms with Crippen molar-refractivity contribution in [3.8, 4) is 0 Å². The zero-order valence-electron chi connectivity index (χ0n) is 14.7. The van der Waals surface area contributed by atoms with Gasteiger partial charge in [-0.2, -0.15) is 0 Å². The second-order valence-corrected chi connectivity index (χ2v) is 8.00. The molecule has 4 aromatic rings. The van der Waals surface area contributed by atoms with E-state index in [1.165, 1.54) is 4.70 Å². The smallest absolute Gasteiger partial charge is 0.192 e. The summed E-state index contributed by atoms with van der Waals surface area (Å²) in [6, 6.07) is 13.9. The van der Waals surface area contributed by atoms with Gasteiger partial charge in [0.2, 0.25) is 0 Å². The van der Waals surface area contributed by atoms with E-state index in [0.717, 1.165) is 54.4 Å². The molecule has 0 N–H and O–H groups in total. The first-order valence-electron chi connectivity index (χ1n) is 8.98. The van der Waals surface area contributed by atoms with Crippen LogP contribution in [0, 0.1) is 0 Å². The summed E-state index contributed by atoms with van der Waals surface area (Å²) in [7, 11) is 2.16. The molecule has 26 heavy (non-hydrogen) atoms. The van der Waals surface area contributed by atoms with Gasteiger partial charge in [0, 0.05) is 25.7 Å². The number of anilines is 1. The Balaban J connectivity index is 1.76. The molecule has 5 nitrogen and oxygen atoms in total. The number of hydrogen-bond acceptors (Lipinski definition) is 5. The van der Waals surface area contributed by atoms with Crippen LogP contribution in [0.15, 0.2) is 47.3 Å². The van der Waals surface area contributed by atoms with Crippen molar-refractivity contribution in [3.05, 3.63) is 52.7 Å². The molecule has 1 saturated heterocycles. The molecule has 0 saturated carbocycles. The Morgan fingerprint density at radius 1 is 1.04 bits per heavy atom. The standard InChI is InChI=1S/C20H20N4OS/c1-22-9-4-10-23(12-11-22)18-8-7-14-16(25)13-19-24(20(14)21-18)15-5-2-3-6-17(15)26-19/h2-3,5-8,13H,4,9-12H2,1H3. The third-order valence-electron chi connectivity index (χ3n) is 5.18. The lowest BCUT2D eigenvalue weighted by Gasteiger charge is -2.22. The van der Waals surface area contributed by atoms with Gasteiger partial charge < -0.3 is 9.80 Å². The SMILES string of the molecule is CN1CCCN(c2ccc3c(=O)cc4sc5ccccc5n4c3n2)CC1. The Kier molecular flexibility index (Phi) is 3.69. The van der Waals surface area contributed by atoms with Gasteiger partial charge in [0.1, 0.15) is 10.6 Å². The van der Waals surface area contributed by atoms with E-state index in [9.17, 15) is 4.79 Å². The lowest BCUT2D eigenvalue weighted by atomic mass is 10.2. The summed E-state index contributed by atoms with van der Waals surface area (Å²) in [5.41, 5.74) is 1.92. The summed E-state index contributed by atoms with van der Waals surface area (Å²) >= 11 is 1.64. The van der Waals surface area contributed by atoms with E-state index in [1.54, 1.807) is 17.4 Å². The predicted octanol–water partition coefficient (Wildman–Crippen LogP) is 3.20. The molecule has 3 aromatic heterocycles. The van der Waals surface area contributed by atoms with Crippen molar-refractivity contribution in [1.82, 2.24) is 14.3 Å². The van der Waals surface area contributed by atoms with E-state index >= 15 is 0 Å². The van der Waals surface area contributed by atoms with Crippen molar-refractivity contribution in [1.29, 1.82) is 0 Å². The Bertz CT molecular complexity index is 1180. The fourth-order valence-electron chi connectivity index (χ4n) is 3.76. The quantitative estimate of drug-likeness (QED) is 0.520. The highest BCUT2D eigenvalue weighted by atomic mass is 32.1. The lowest BCUT2D eigenvalue weighted by molar-refractivity contribution is 0.360. The molecule has 0 atom stereocenters. The zero-order valence-corrected chi connectivity index (χ0v) is 15.5. The van der Waals surface area contributed by atoms with Crippen molar-refractivity contribution in [2.45, 2.75) is 6.42 Å². The molecule has 0 amide bonds. The van der Waals surface area contributed by atoms with Gasteiger partial charge >= 0.3 is 0 Å². The molecule has 0 aliphatic carbocycles. The van der Waals surface area contributed by atoms with Gasteiger partial charge in [-0.3, -0.25) is 9.20 Å². The number of benzene rings is 1. The maximum absolute atomic E-state index is 12.6. The van der Waals surface area contributed by atoms with Crippen LogP contribution in [-0.2, 0) is 0 Å². The monoisotopic (exact) mass is 364 g/mol. The van der Waals surface area contributed by atoms with Crippen LogP contribution in [0.1, 0.15) is 6.42 Å². The number of rotatable bonds is 1. The van der Waals surface area contributed by atoms with E-state index in [4.69, 9.17) is 4.98 Å². The lowest BCUT2D eigenvalue weighted by Crippen LogP contribution is -2.29. The Morgan fingerprint density at radius 2 is 1.92 bits per heavy atom. The van der Waals surface area contributed by atoms with Gasteiger partial charge in [0.25, 0.3) is 0 Å². The molecule has 1 aliphatic rings. The summed E-state index contributed by atoms with van der Waals surface area (Å²) in [6.07, 6.45) is 1.13. The molecule has 1 aliphatic heterocycles. The van der Waals surface area contributed by atoms with Crippen LogP contribution < -0.4 is 10.3 Å². The van der Waals surface area contributed by atoms with Crippen molar-refractivity contribution in [2.24, 2.45) is 0 Å². The Morgan fingerprint density at radius 3 is 2.85 bits per heavy atom. The van der Waals surface area contributed by atoms with Crippen LogP contribution in [0.3, 0.4) is 0 Å². The highest BCUT2D eigenvalue weighted by Gasteiger charge is 2.16. The number of thiazole rings is 1. The molecule has 132 valence electrons. The normalized spacial score (nSPS) is 16.6. The van der Waals surface area contributed by atoms with E-state index in [0.29, 0.717) is 5.39 Å². The van der Waals surface area contributed by atoms with Gasteiger partial charge in [-0.15, -0.1) is 11.3 Å². The summed E-state index contributed by atoms with van der Waals surface area (Å²) in [4.78, 5) is 23.2. The van der Waals surface area contributed by atoms with Crippen molar-refractivity contribution < 1.29 is 0 Å². The van der Waals surface area contributed by atoms with Gasteiger partial charge in [-0.1, -0.05) is 12.1 Å². The highest BCUT2D eigenvalue weighted by molar-refractivity contribution is 7.24. The highest BCUT2D eigenvalue weighted by Crippen LogP contribution is 2.29. The third kappa shape index (κ3) is 2.48. The van der Waals surface area contributed by atoms with Gasteiger partial charge in [-0.25, -0.2) is 4.98 Å². The minimum atomic E-state index is 0.0428. The van der Waals surface area contributed by atoms with Crippen molar-refractivity contribution in [2.75, 3.05) is 38.1 Å². The van der Waals surface area contributed by atoms with E-state index in [2.05, 4.69) is 33.4 Å². The van der Waals surface area contributed by atoms with Crippen LogP contribution in [0.2, 0.25) is 0 Å². The first kappa shape index (κ1) is 15.8. The Hall–Kier alpha value is -2.44. The minimum Gasteiger partial charge on any atom is -0.355 e. The summed E-state index contributed by atoms with van der Waals surface area (Å²) in [5.74, 6) is 0.961. The molecular weight excluding hydrogens is 344 g/mol. The molecule has 0 radical (unpaired) electrons. The van der Waals surface area contributed by atoms with Crippen LogP contribution in [-0.4, -0.2) is 47.5 Å². The molecule has 0 bridgehead atoms. The van der Waals surface area contributed by atoms with Crippen LogP contribution in [0.4, 0.5) is 5.82 Å². The van der Waals surface area contributed by atoms with Crippen molar-refractivity contribution in [3.63, 3.8) is 0 Å². The number of likely N-dealkylation sites (N-methyl/N-ethyl adjacent to an activating group) is 1. The molecule has 4 heterocycles. The second-order valence-electron chi connectivity index (χ2n) is 6.94. The Labute approximate surface area is 155 Å². The number of para-hydroxylation sites is 1. The average molecular weight is 364 g/mol. The molecule has 0 spiro atoms. The number of nitrogens with zero attached hydrogens (tertiary/aromatic N) is 4. The van der Waals surface area contributed by atoms with E-state index in [-0.39, 0.29) is 5.43 Å². The van der Waals surface area contributed by atoms with Gasteiger partial charge in [-0.05, 0) is 44.3 Å². The fraction of sp³-hybridized carbons (Fsp3) is 0.300. The minimum absolute atomic E-state index is 0.0428. The maximum Gasteiger partial charge on any atom is 0.192 e. The van der Waals surface area contributed by atoms with E-state index in [1.807, 2.05) is 24.3 Å². The maximum atomic E-state index is 12.6. The molecular formula is C20H20N4OS. The van der Waals surface area contributed by atoms with E-state index < -0.39 is 0 Å². The number of pyridine rings is 2. The van der Waals surface area contributed by atoms with Crippen LogP contribution in [0.25, 0.3) is 26.1 Å². The molecule has 1 aromatic carbocycles. The first-order chi connectivity index (χ1) is 12.7. The summed E-state index contributed by atoms with van der Waals surface area (Å²) < 4.78 is 3.30. The largest absolute Gasteiger partial charge is 0.355 e.